The SMILES string of the molecule is c1ccc(COc2cccc3c2NCCC3)nc1. The predicted octanol–water partition coefficient (Wildman–Crippen LogP) is 3.02. The number of anilines is 1. The standard InChI is InChI=1S/C15H16N2O/c1-2-9-16-13(7-1)11-18-14-8-3-5-12-6-4-10-17-15(12)14/h1-3,5,7-9,17H,4,6,10-11H2. The Bertz CT molecular complexity index is 525. The number of benzene rings is 1. The van der Waals surface area contributed by atoms with E-state index in [0.717, 1.165) is 30.1 Å². The van der Waals surface area contributed by atoms with Crippen molar-refractivity contribution in [2.75, 3.05) is 11.9 Å². The number of nitrogens with one attached hydrogen (secondary N) is 1. The van der Waals surface area contributed by atoms with Gasteiger partial charge in [-0.15, -0.1) is 0 Å². The highest BCUT2D eigenvalue weighted by molar-refractivity contribution is 5.63. The monoisotopic (exact) mass is 240 g/mol. The quantitative estimate of drug-likeness (QED) is 0.895. The van der Waals surface area contributed by atoms with Gasteiger partial charge in [0.1, 0.15) is 12.4 Å². The summed E-state index contributed by atoms with van der Waals surface area (Å²) in [6, 6.07) is 12.1. The zero-order chi connectivity index (χ0) is 12.2. The summed E-state index contributed by atoms with van der Waals surface area (Å²) in [4.78, 5) is 4.26. The van der Waals surface area contributed by atoms with Gasteiger partial charge in [-0.25, -0.2) is 0 Å². The number of ether oxygens (including phenoxy) is 1. The minimum absolute atomic E-state index is 0.513. The molecule has 0 bridgehead atoms. The molecule has 0 amide bonds. The minimum Gasteiger partial charge on any atom is -0.485 e. The van der Waals surface area contributed by atoms with Crippen molar-refractivity contribution >= 4 is 5.69 Å². The molecular weight excluding hydrogens is 224 g/mol. The molecule has 1 aromatic carbocycles. The summed E-state index contributed by atoms with van der Waals surface area (Å²) in [5.74, 6) is 0.929. The van der Waals surface area contributed by atoms with Crippen molar-refractivity contribution in [3.8, 4) is 5.75 Å². The lowest BCUT2D eigenvalue weighted by atomic mass is 10.0. The number of rotatable bonds is 3. The first-order valence-corrected chi connectivity index (χ1v) is 6.32. The van der Waals surface area contributed by atoms with Crippen LogP contribution >= 0.6 is 0 Å². The molecule has 2 aromatic rings. The molecule has 0 aliphatic carbocycles. The van der Waals surface area contributed by atoms with Gasteiger partial charge in [0.15, 0.2) is 0 Å². The highest BCUT2D eigenvalue weighted by Crippen LogP contribution is 2.32. The Morgan fingerprint density at radius 3 is 3.06 bits per heavy atom. The molecule has 1 N–H and O–H groups in total. The lowest BCUT2D eigenvalue weighted by Gasteiger charge is -2.21. The van der Waals surface area contributed by atoms with E-state index in [2.05, 4.69) is 22.4 Å². The van der Waals surface area contributed by atoms with Gasteiger partial charge in [0.2, 0.25) is 0 Å². The summed E-state index contributed by atoms with van der Waals surface area (Å²) in [7, 11) is 0. The minimum atomic E-state index is 0.513. The fraction of sp³-hybridized carbons (Fsp3) is 0.267. The fourth-order valence-corrected chi connectivity index (χ4v) is 2.23. The van der Waals surface area contributed by atoms with Gasteiger partial charge in [0, 0.05) is 12.7 Å². The number of fused-ring (bicyclic) bond motifs is 1. The van der Waals surface area contributed by atoms with Crippen LogP contribution in [-0.4, -0.2) is 11.5 Å². The van der Waals surface area contributed by atoms with E-state index < -0.39 is 0 Å². The maximum atomic E-state index is 5.87. The van der Waals surface area contributed by atoms with Gasteiger partial charge in [0.05, 0.1) is 11.4 Å². The lowest BCUT2D eigenvalue weighted by Crippen LogP contribution is -2.13. The highest BCUT2D eigenvalue weighted by atomic mass is 16.5. The number of hydrogen-bond acceptors (Lipinski definition) is 3. The van der Waals surface area contributed by atoms with Gasteiger partial charge in [0.25, 0.3) is 0 Å². The predicted molar refractivity (Wildman–Crippen MR) is 71.8 cm³/mol. The normalized spacial score (nSPS) is 13.6. The van der Waals surface area contributed by atoms with Gasteiger partial charge in [-0.1, -0.05) is 18.2 Å². The Labute approximate surface area is 107 Å². The second-order valence-corrected chi connectivity index (χ2v) is 4.43. The van der Waals surface area contributed by atoms with Crippen LogP contribution in [0.25, 0.3) is 0 Å². The van der Waals surface area contributed by atoms with E-state index in [1.165, 1.54) is 12.0 Å². The van der Waals surface area contributed by atoms with E-state index in [-0.39, 0.29) is 0 Å². The first-order valence-electron chi connectivity index (χ1n) is 6.32. The Balaban J connectivity index is 1.77. The molecule has 0 spiro atoms. The van der Waals surface area contributed by atoms with Gasteiger partial charge in [-0.3, -0.25) is 4.98 Å². The average Bonchev–Trinajstić information content (AvgIpc) is 2.46. The number of pyridine rings is 1. The zero-order valence-electron chi connectivity index (χ0n) is 10.2. The lowest BCUT2D eigenvalue weighted by molar-refractivity contribution is 0.302. The van der Waals surface area contributed by atoms with Gasteiger partial charge in [-0.05, 0) is 36.6 Å². The molecule has 1 aliphatic heterocycles. The van der Waals surface area contributed by atoms with E-state index in [1.54, 1.807) is 6.20 Å². The smallest absolute Gasteiger partial charge is 0.143 e. The highest BCUT2D eigenvalue weighted by Gasteiger charge is 2.13. The van der Waals surface area contributed by atoms with Crippen LogP contribution in [-0.2, 0) is 13.0 Å². The Hall–Kier alpha value is -2.03. The van der Waals surface area contributed by atoms with E-state index in [9.17, 15) is 0 Å². The third kappa shape index (κ3) is 2.30. The van der Waals surface area contributed by atoms with Crippen molar-refractivity contribution in [1.29, 1.82) is 0 Å². The Morgan fingerprint density at radius 2 is 2.17 bits per heavy atom. The van der Waals surface area contributed by atoms with Crippen LogP contribution < -0.4 is 10.1 Å². The van der Waals surface area contributed by atoms with Crippen LogP contribution in [0.15, 0.2) is 42.6 Å². The molecule has 0 radical (unpaired) electrons. The maximum Gasteiger partial charge on any atom is 0.143 e. The third-order valence-corrected chi connectivity index (χ3v) is 3.14. The molecule has 0 saturated carbocycles. The number of aryl methyl sites for hydroxylation is 1. The van der Waals surface area contributed by atoms with E-state index in [4.69, 9.17) is 4.74 Å². The third-order valence-electron chi connectivity index (χ3n) is 3.14. The van der Waals surface area contributed by atoms with Crippen LogP contribution in [0.5, 0.6) is 5.75 Å². The number of para-hydroxylation sites is 1. The molecule has 0 atom stereocenters. The van der Waals surface area contributed by atoms with E-state index in [1.807, 2.05) is 24.3 Å². The molecule has 3 nitrogen and oxygen atoms in total. The van der Waals surface area contributed by atoms with Crippen LogP contribution in [0.2, 0.25) is 0 Å². The summed E-state index contributed by atoms with van der Waals surface area (Å²) in [5.41, 5.74) is 3.45. The van der Waals surface area contributed by atoms with Gasteiger partial charge < -0.3 is 10.1 Å². The van der Waals surface area contributed by atoms with Crippen LogP contribution in [0.1, 0.15) is 17.7 Å². The summed E-state index contributed by atoms with van der Waals surface area (Å²) in [5, 5.41) is 3.42. The largest absolute Gasteiger partial charge is 0.485 e. The van der Waals surface area contributed by atoms with Crippen LogP contribution in [0.4, 0.5) is 5.69 Å². The molecule has 1 aliphatic rings. The van der Waals surface area contributed by atoms with Crippen molar-refractivity contribution in [2.45, 2.75) is 19.4 Å². The summed E-state index contributed by atoms with van der Waals surface area (Å²) >= 11 is 0. The topological polar surface area (TPSA) is 34.1 Å². The zero-order valence-corrected chi connectivity index (χ0v) is 10.2. The molecular formula is C15H16N2O. The molecule has 3 rings (SSSR count). The summed E-state index contributed by atoms with van der Waals surface area (Å²) < 4.78 is 5.87. The average molecular weight is 240 g/mol. The van der Waals surface area contributed by atoms with Crippen molar-refractivity contribution in [1.82, 2.24) is 4.98 Å². The van der Waals surface area contributed by atoms with Crippen LogP contribution in [0, 0.1) is 0 Å². The Kier molecular flexibility index (Phi) is 3.13. The first kappa shape index (κ1) is 11.1. The van der Waals surface area contributed by atoms with E-state index in [0.29, 0.717) is 6.61 Å². The number of aromatic nitrogens is 1. The van der Waals surface area contributed by atoms with E-state index >= 15 is 0 Å². The molecule has 0 fully saturated rings. The second kappa shape index (κ2) is 5.08. The summed E-state index contributed by atoms with van der Waals surface area (Å²) in [6.07, 6.45) is 4.11. The first-order chi connectivity index (χ1) is 8.93. The van der Waals surface area contributed by atoms with Crippen LogP contribution in [0.3, 0.4) is 0 Å². The molecule has 18 heavy (non-hydrogen) atoms. The van der Waals surface area contributed by atoms with Gasteiger partial charge >= 0.3 is 0 Å². The molecule has 92 valence electrons. The number of nitrogens with zero attached hydrogens (tertiary/aromatic N) is 1. The Morgan fingerprint density at radius 1 is 1.17 bits per heavy atom. The fourth-order valence-electron chi connectivity index (χ4n) is 2.23. The molecule has 1 aromatic heterocycles. The van der Waals surface area contributed by atoms with Crippen molar-refractivity contribution < 1.29 is 4.74 Å². The maximum absolute atomic E-state index is 5.87. The molecule has 0 unspecified atom stereocenters. The number of hydrogen-bond donors (Lipinski definition) is 1. The van der Waals surface area contributed by atoms with Crippen molar-refractivity contribution in [2.24, 2.45) is 0 Å². The molecule has 0 saturated heterocycles. The van der Waals surface area contributed by atoms with Crippen molar-refractivity contribution in [3.63, 3.8) is 0 Å². The second-order valence-electron chi connectivity index (χ2n) is 4.43. The van der Waals surface area contributed by atoms with Crippen molar-refractivity contribution in [3.05, 3.63) is 53.9 Å². The van der Waals surface area contributed by atoms with Gasteiger partial charge in [-0.2, -0.15) is 0 Å². The molecule has 2 heterocycles. The summed E-state index contributed by atoms with van der Waals surface area (Å²) in [6.45, 7) is 1.54. The molecule has 3 heteroatoms.